The number of rotatable bonds is 9. The molecule has 0 bridgehead atoms. The highest BCUT2D eigenvalue weighted by Crippen LogP contribution is 2.28. The van der Waals surface area contributed by atoms with Crippen molar-refractivity contribution >= 4 is 28.5 Å². The minimum atomic E-state index is -0.353. The molecule has 3 amide bonds. The lowest BCUT2D eigenvalue weighted by Gasteiger charge is -2.36. The Bertz CT molecular complexity index is 1170. The van der Waals surface area contributed by atoms with Crippen molar-refractivity contribution < 1.29 is 14.8 Å². The van der Waals surface area contributed by atoms with E-state index in [-0.39, 0.29) is 11.9 Å². The topological polar surface area (TPSA) is 81.1 Å². The van der Waals surface area contributed by atoms with E-state index in [0.29, 0.717) is 13.0 Å². The van der Waals surface area contributed by atoms with Crippen LogP contribution in [0.2, 0.25) is 0 Å². The fourth-order valence-corrected chi connectivity index (χ4v) is 4.76. The molecule has 0 saturated carbocycles. The molecule has 8 nitrogen and oxygen atoms in total. The first kappa shape index (κ1) is 25.7. The Morgan fingerprint density at radius 2 is 1.58 bits per heavy atom. The second-order valence-electron chi connectivity index (χ2n) is 9.67. The van der Waals surface area contributed by atoms with Crippen LogP contribution in [-0.4, -0.2) is 71.3 Å². The molecule has 3 aromatic rings. The van der Waals surface area contributed by atoms with Gasteiger partial charge in [0.15, 0.2) is 0 Å². The third kappa shape index (κ3) is 6.25. The first-order valence-electron chi connectivity index (χ1n) is 12.8. The van der Waals surface area contributed by atoms with E-state index in [1.165, 1.54) is 10.9 Å². The number of unbranched alkanes of at least 4 members (excludes halogenated alkanes) is 3. The smallest absolute Gasteiger partial charge is 0.324 e. The Hall–Kier alpha value is -3.36. The Labute approximate surface area is 213 Å². The molecule has 8 heteroatoms. The molecule has 2 N–H and O–H groups in total. The SMILES string of the molecule is CN1CCN(C(=O)N(CCCCCCC(=O)NO)c2ccc(-c3ccc4c(ccn4C)c3)cc2)CC1. The van der Waals surface area contributed by atoms with Crippen LogP contribution in [-0.2, 0) is 11.8 Å². The van der Waals surface area contributed by atoms with Gasteiger partial charge in [0.1, 0.15) is 0 Å². The van der Waals surface area contributed by atoms with Crippen LogP contribution in [0.4, 0.5) is 10.5 Å². The summed E-state index contributed by atoms with van der Waals surface area (Å²) in [6.45, 7) is 3.86. The molecule has 1 aromatic heterocycles. The van der Waals surface area contributed by atoms with Gasteiger partial charge in [-0.25, -0.2) is 10.3 Å². The zero-order valence-corrected chi connectivity index (χ0v) is 21.3. The first-order chi connectivity index (χ1) is 17.5. The number of amides is 3. The van der Waals surface area contributed by atoms with E-state index in [1.807, 2.05) is 21.9 Å². The summed E-state index contributed by atoms with van der Waals surface area (Å²) in [5.41, 5.74) is 6.07. The molecule has 1 aliphatic heterocycles. The second kappa shape index (κ2) is 12.1. The quantitative estimate of drug-likeness (QED) is 0.263. The Morgan fingerprint density at radius 1 is 0.889 bits per heavy atom. The number of hydrogen-bond donors (Lipinski definition) is 2. The summed E-state index contributed by atoms with van der Waals surface area (Å²) >= 11 is 0. The van der Waals surface area contributed by atoms with E-state index in [1.54, 1.807) is 5.48 Å². The van der Waals surface area contributed by atoms with Crippen molar-refractivity contribution in [1.29, 1.82) is 0 Å². The van der Waals surface area contributed by atoms with Gasteiger partial charge in [-0.2, -0.15) is 0 Å². The van der Waals surface area contributed by atoms with Crippen LogP contribution >= 0.6 is 0 Å². The maximum Gasteiger partial charge on any atom is 0.324 e. The molecule has 36 heavy (non-hydrogen) atoms. The molecule has 192 valence electrons. The number of urea groups is 1. The Balaban J connectivity index is 1.45. The molecule has 4 rings (SSSR count). The van der Waals surface area contributed by atoms with E-state index in [4.69, 9.17) is 5.21 Å². The van der Waals surface area contributed by atoms with Crippen molar-refractivity contribution in [1.82, 2.24) is 19.8 Å². The van der Waals surface area contributed by atoms with Gasteiger partial charge in [-0.1, -0.05) is 31.0 Å². The number of piperazine rings is 1. The molecule has 0 unspecified atom stereocenters. The molecule has 1 fully saturated rings. The Morgan fingerprint density at radius 3 is 2.31 bits per heavy atom. The van der Waals surface area contributed by atoms with Crippen molar-refractivity contribution in [2.24, 2.45) is 7.05 Å². The number of anilines is 1. The highest BCUT2D eigenvalue weighted by atomic mass is 16.5. The number of likely N-dealkylation sites (N-methyl/N-ethyl adjacent to an activating group) is 1. The molecule has 0 atom stereocenters. The summed E-state index contributed by atoms with van der Waals surface area (Å²) in [6, 6.07) is 17.0. The molecule has 0 radical (unpaired) electrons. The minimum Gasteiger partial charge on any atom is -0.351 e. The highest BCUT2D eigenvalue weighted by molar-refractivity contribution is 5.92. The number of hydrogen-bond acceptors (Lipinski definition) is 4. The van der Waals surface area contributed by atoms with E-state index >= 15 is 0 Å². The van der Waals surface area contributed by atoms with Gasteiger partial charge in [-0.3, -0.25) is 14.9 Å². The van der Waals surface area contributed by atoms with Crippen LogP contribution in [0, 0.1) is 0 Å². The van der Waals surface area contributed by atoms with Crippen molar-refractivity contribution in [2.45, 2.75) is 32.1 Å². The predicted octanol–water partition coefficient (Wildman–Crippen LogP) is 4.48. The lowest BCUT2D eigenvalue weighted by atomic mass is 10.0. The fourth-order valence-electron chi connectivity index (χ4n) is 4.76. The van der Waals surface area contributed by atoms with Crippen LogP contribution in [0.1, 0.15) is 32.1 Å². The third-order valence-corrected chi connectivity index (χ3v) is 7.06. The molecule has 0 spiro atoms. The zero-order valence-electron chi connectivity index (χ0n) is 21.3. The Kier molecular flexibility index (Phi) is 8.61. The number of aromatic nitrogens is 1. The number of fused-ring (bicyclic) bond motifs is 1. The van der Waals surface area contributed by atoms with Gasteiger partial charge in [-0.15, -0.1) is 0 Å². The summed E-state index contributed by atoms with van der Waals surface area (Å²) in [6.07, 6.45) is 5.76. The zero-order chi connectivity index (χ0) is 25.5. The van der Waals surface area contributed by atoms with Gasteiger partial charge in [0.05, 0.1) is 0 Å². The molecule has 1 aliphatic rings. The number of carbonyl (C=O) groups is 2. The van der Waals surface area contributed by atoms with Crippen LogP contribution in [0.5, 0.6) is 0 Å². The number of nitrogens with one attached hydrogen (secondary N) is 1. The highest BCUT2D eigenvalue weighted by Gasteiger charge is 2.25. The lowest BCUT2D eigenvalue weighted by Crippen LogP contribution is -2.52. The average Bonchev–Trinajstić information content (AvgIpc) is 3.28. The van der Waals surface area contributed by atoms with Crippen molar-refractivity contribution in [2.75, 3.05) is 44.7 Å². The standard InChI is InChI=1S/C28H37N5O3/c1-30-17-19-32(20-18-30)28(35)33(15-6-4-3-5-7-27(34)29-36)25-11-8-22(9-12-25)23-10-13-26-24(21-23)14-16-31(26)2/h8-14,16,21,36H,3-7,15,17-20H2,1-2H3,(H,29,34). The lowest BCUT2D eigenvalue weighted by molar-refractivity contribution is -0.129. The summed E-state index contributed by atoms with van der Waals surface area (Å²) in [4.78, 5) is 30.8. The molecular formula is C28H37N5O3. The van der Waals surface area contributed by atoms with Gasteiger partial charge < -0.3 is 14.4 Å². The van der Waals surface area contributed by atoms with E-state index in [9.17, 15) is 9.59 Å². The predicted molar refractivity (Wildman–Crippen MR) is 143 cm³/mol. The van der Waals surface area contributed by atoms with Crippen LogP contribution in [0.15, 0.2) is 54.7 Å². The van der Waals surface area contributed by atoms with Crippen LogP contribution in [0.25, 0.3) is 22.0 Å². The van der Waals surface area contributed by atoms with E-state index in [0.717, 1.165) is 68.7 Å². The summed E-state index contributed by atoms with van der Waals surface area (Å²) in [5.74, 6) is -0.353. The van der Waals surface area contributed by atoms with Crippen LogP contribution < -0.4 is 10.4 Å². The van der Waals surface area contributed by atoms with Gasteiger partial charge in [-0.05, 0) is 61.3 Å². The summed E-state index contributed by atoms with van der Waals surface area (Å²) in [7, 11) is 4.14. The van der Waals surface area contributed by atoms with Crippen molar-refractivity contribution in [3.8, 4) is 11.1 Å². The molecule has 2 heterocycles. The second-order valence-corrected chi connectivity index (χ2v) is 9.67. The van der Waals surface area contributed by atoms with Gasteiger partial charge in [0.25, 0.3) is 0 Å². The van der Waals surface area contributed by atoms with E-state index < -0.39 is 0 Å². The number of benzene rings is 2. The monoisotopic (exact) mass is 491 g/mol. The number of aryl methyl sites for hydroxylation is 1. The van der Waals surface area contributed by atoms with Crippen molar-refractivity contribution in [3.05, 3.63) is 54.7 Å². The number of hydroxylamine groups is 1. The average molecular weight is 492 g/mol. The third-order valence-electron chi connectivity index (χ3n) is 7.06. The maximum atomic E-state index is 13.5. The summed E-state index contributed by atoms with van der Waals surface area (Å²) in [5, 5.41) is 9.84. The number of carbonyl (C=O) groups excluding carboxylic acids is 2. The largest absolute Gasteiger partial charge is 0.351 e. The molecule has 2 aromatic carbocycles. The van der Waals surface area contributed by atoms with Gasteiger partial charge in [0.2, 0.25) is 5.91 Å². The van der Waals surface area contributed by atoms with Gasteiger partial charge >= 0.3 is 6.03 Å². The van der Waals surface area contributed by atoms with Gasteiger partial charge in [0, 0.05) is 69.0 Å². The van der Waals surface area contributed by atoms with E-state index in [2.05, 4.69) is 66.2 Å². The molecule has 1 saturated heterocycles. The van der Waals surface area contributed by atoms with Crippen molar-refractivity contribution in [3.63, 3.8) is 0 Å². The van der Waals surface area contributed by atoms with Crippen LogP contribution in [0.3, 0.4) is 0 Å². The molecule has 0 aliphatic carbocycles. The first-order valence-corrected chi connectivity index (χ1v) is 12.8. The minimum absolute atomic E-state index is 0.0567. The fraction of sp³-hybridized carbons (Fsp3) is 0.429. The summed E-state index contributed by atoms with van der Waals surface area (Å²) < 4.78 is 2.12. The maximum absolute atomic E-state index is 13.5. The molecular weight excluding hydrogens is 454 g/mol. The normalized spacial score (nSPS) is 14.2. The number of nitrogens with zero attached hydrogens (tertiary/aromatic N) is 4.